The quantitative estimate of drug-likeness (QED) is 0.105. The molecule has 0 aromatic carbocycles. The summed E-state index contributed by atoms with van der Waals surface area (Å²) in [6.07, 6.45) is -5.32. The Morgan fingerprint density at radius 1 is 1.43 bits per heavy atom. The van der Waals surface area contributed by atoms with E-state index in [4.69, 9.17) is 4.74 Å². The van der Waals surface area contributed by atoms with Crippen molar-refractivity contribution in [2.24, 2.45) is 0 Å². The number of β-lactam (4-membered cyclic amide) rings is 1. The summed E-state index contributed by atoms with van der Waals surface area (Å²) in [4.78, 5) is 46.1. The van der Waals surface area contributed by atoms with Crippen LogP contribution >= 0.6 is 31.6 Å². The molecule has 0 aliphatic carbocycles. The first-order chi connectivity index (χ1) is 17.3. The maximum Gasteiger partial charge on any atom is 0.509 e. The molecule has 1 saturated heterocycles. The predicted molar refractivity (Wildman–Crippen MR) is 123 cm³/mol. The molecule has 3 unspecified atom stereocenters. The molecule has 0 radical (unpaired) electrons. The Kier molecular flexibility index (Phi) is 9.33. The summed E-state index contributed by atoms with van der Waals surface area (Å²) in [5.41, 5.74) is -0.569. The molecular weight excluding hydrogens is 588 g/mol. The van der Waals surface area contributed by atoms with Crippen molar-refractivity contribution in [3.63, 3.8) is 0 Å². The van der Waals surface area contributed by atoms with Gasteiger partial charge in [-0.15, -0.1) is 22.0 Å². The van der Waals surface area contributed by atoms with Gasteiger partial charge in [-0.05, 0) is 28.5 Å². The fourth-order valence-electron chi connectivity index (χ4n) is 3.61. The zero-order chi connectivity index (χ0) is 27.5. The highest BCUT2D eigenvalue weighted by Crippen LogP contribution is 2.50. The van der Waals surface area contributed by atoms with E-state index in [2.05, 4.69) is 25.9 Å². The molecule has 3 heterocycles. The van der Waals surface area contributed by atoms with Crippen molar-refractivity contribution in [3.8, 4) is 0 Å². The Labute approximate surface area is 217 Å². The normalized spacial score (nSPS) is 22.6. The van der Waals surface area contributed by atoms with E-state index in [0.29, 0.717) is 0 Å². The number of amides is 2. The number of aromatic amines is 1. The summed E-state index contributed by atoms with van der Waals surface area (Å²) in [6.45, 7) is 1.54. The van der Waals surface area contributed by atoms with Crippen LogP contribution in [0.25, 0.3) is 0 Å². The van der Waals surface area contributed by atoms with Crippen LogP contribution in [0.3, 0.4) is 0 Å². The Bertz CT molecular complexity index is 1140. The molecule has 0 spiro atoms. The third-order valence-corrected chi connectivity index (χ3v) is 9.50. The van der Waals surface area contributed by atoms with Crippen LogP contribution in [0.4, 0.5) is 13.2 Å². The first-order valence-corrected chi connectivity index (χ1v) is 14.9. The van der Waals surface area contributed by atoms with E-state index >= 15 is 0 Å². The van der Waals surface area contributed by atoms with Crippen LogP contribution in [-0.4, -0.2) is 110 Å². The molecule has 3 rings (SSSR count). The van der Waals surface area contributed by atoms with Gasteiger partial charge in [0.15, 0.2) is 4.93 Å². The zero-order valence-electron chi connectivity index (χ0n) is 18.6. The van der Waals surface area contributed by atoms with Gasteiger partial charge in [-0.1, -0.05) is 0 Å². The molecule has 1 aromatic heterocycles. The molecule has 1 fully saturated rings. The Morgan fingerprint density at radius 2 is 2.14 bits per heavy atom. The first-order valence-electron chi connectivity index (χ1n) is 10.1. The number of carboxylic acid groups (broad SMARTS) is 1. The first kappa shape index (κ1) is 29.4. The van der Waals surface area contributed by atoms with Gasteiger partial charge < -0.3 is 15.2 Å². The van der Waals surface area contributed by atoms with E-state index in [-0.39, 0.29) is 23.1 Å². The van der Waals surface area contributed by atoms with Gasteiger partial charge >= 0.3 is 20.2 Å². The average Bonchev–Trinajstić information content (AvgIpc) is 3.27. The van der Waals surface area contributed by atoms with E-state index in [9.17, 15) is 46.3 Å². The maximum atomic E-state index is 12.9. The van der Waals surface area contributed by atoms with Crippen molar-refractivity contribution in [2.45, 2.75) is 34.6 Å². The lowest BCUT2D eigenvalue weighted by Gasteiger charge is -2.51. The van der Waals surface area contributed by atoms with Gasteiger partial charge in [0.2, 0.25) is 17.2 Å². The number of tetrazole rings is 1. The minimum Gasteiger partial charge on any atom is -0.477 e. The number of aromatic nitrogens is 4. The van der Waals surface area contributed by atoms with E-state index in [0.717, 1.165) is 28.4 Å². The number of ether oxygens (including phenoxy) is 1. The number of hydrogen-bond acceptors (Lipinski definition) is 11. The number of thioether (sulfide) groups is 2. The van der Waals surface area contributed by atoms with Gasteiger partial charge in [0.1, 0.15) is 28.6 Å². The molecule has 21 heteroatoms. The van der Waals surface area contributed by atoms with E-state index in [1.54, 1.807) is 6.92 Å². The van der Waals surface area contributed by atoms with E-state index in [1.165, 1.54) is 0 Å². The molecule has 204 valence electrons. The monoisotopic (exact) mass is 607 g/mol. The number of carbonyl (C=O) groups excluding carboxylic acids is 2. The van der Waals surface area contributed by atoms with Crippen molar-refractivity contribution >= 4 is 60.1 Å². The molecule has 1 aromatic rings. The highest BCUT2D eigenvalue weighted by atomic mass is 32.2. The standard InChI is InChI=1S/C16H18F3N6O8PS3/c1-2-33-15(5-34(30)31,36-14-21-23-24-22-14)7-3-35-12-9(11(27)25(12)10(7)13(28)29)20-8(26)4-37(32)6-16(17,18)19/h9,12H,2-6H2,1H3,(H3-,20,21,22,23,24,26,28,29,30,31)/p+1/t9-,12-,15?,37?/m1/s1. The highest BCUT2D eigenvalue weighted by Gasteiger charge is 2.58. The SMILES string of the molecule is CCOC(C[P+](=O)O)(Sc1nn[nH]n1)C1=C(C(=O)O)N2C(=O)[C@@H](NC(=O)CS(=O)CC(F)(F)F)[C@H]2SC1. The van der Waals surface area contributed by atoms with Crippen LogP contribution in [0, 0.1) is 0 Å². The molecule has 0 bridgehead atoms. The van der Waals surface area contributed by atoms with E-state index < -0.39 is 82.5 Å². The largest absolute Gasteiger partial charge is 0.509 e. The number of halogens is 3. The number of nitrogens with zero attached hydrogens (tertiary/aromatic N) is 4. The smallest absolute Gasteiger partial charge is 0.477 e. The second-order valence-electron chi connectivity index (χ2n) is 7.42. The van der Waals surface area contributed by atoms with Gasteiger partial charge in [-0.3, -0.25) is 18.7 Å². The second-order valence-corrected chi connectivity index (χ2v) is 12.2. The van der Waals surface area contributed by atoms with Crippen molar-refractivity contribution in [1.82, 2.24) is 30.8 Å². The fraction of sp³-hybridized carbons (Fsp3) is 0.625. The zero-order valence-corrected chi connectivity index (χ0v) is 22.0. The van der Waals surface area contributed by atoms with Crippen LogP contribution in [0.2, 0.25) is 0 Å². The number of H-pyrrole nitrogens is 1. The maximum absolute atomic E-state index is 12.9. The molecule has 0 saturated carbocycles. The third-order valence-electron chi connectivity index (χ3n) is 4.87. The second kappa shape index (κ2) is 11.7. The van der Waals surface area contributed by atoms with Gasteiger partial charge in [0.25, 0.3) is 5.91 Å². The molecule has 2 amide bonds. The molecule has 2 aliphatic rings. The number of aliphatic carboxylic acids is 1. The highest BCUT2D eigenvalue weighted by molar-refractivity contribution is 8.01. The molecule has 2 aliphatic heterocycles. The Balaban J connectivity index is 1.89. The minimum absolute atomic E-state index is 0.0263. The van der Waals surface area contributed by atoms with Crippen LogP contribution in [-0.2, 0) is 34.5 Å². The number of carbonyl (C=O) groups is 3. The molecule has 37 heavy (non-hydrogen) atoms. The third kappa shape index (κ3) is 6.85. The van der Waals surface area contributed by atoms with Crippen molar-refractivity contribution in [2.75, 3.05) is 30.0 Å². The number of hydrogen-bond donors (Lipinski definition) is 4. The van der Waals surface area contributed by atoms with Crippen molar-refractivity contribution in [3.05, 3.63) is 11.3 Å². The van der Waals surface area contributed by atoms with Crippen molar-refractivity contribution < 1.29 is 51.1 Å². The minimum atomic E-state index is -4.74. The van der Waals surface area contributed by atoms with Crippen molar-refractivity contribution in [1.29, 1.82) is 0 Å². The lowest BCUT2D eigenvalue weighted by Crippen LogP contribution is -2.71. The van der Waals surface area contributed by atoms with Crippen LogP contribution in [0.15, 0.2) is 16.4 Å². The summed E-state index contributed by atoms with van der Waals surface area (Å²) in [5, 5.41) is 24.4. The fourth-order valence-corrected chi connectivity index (χ4v) is 8.15. The number of alkyl halides is 3. The van der Waals surface area contributed by atoms with Crippen LogP contribution < -0.4 is 5.32 Å². The predicted octanol–water partition coefficient (Wildman–Crippen LogP) is -0.191. The molecular formula is C16H19F3N6O8PS3+. The lowest BCUT2D eigenvalue weighted by molar-refractivity contribution is -0.150. The van der Waals surface area contributed by atoms with Gasteiger partial charge in [-0.25, -0.2) is 4.79 Å². The number of fused-ring (bicyclic) bond motifs is 1. The molecule has 4 N–H and O–H groups in total. The lowest BCUT2D eigenvalue weighted by atomic mass is 10.0. The van der Waals surface area contributed by atoms with Crippen LogP contribution in [0.1, 0.15) is 6.92 Å². The summed E-state index contributed by atoms with van der Waals surface area (Å²) in [7, 11) is -5.44. The summed E-state index contributed by atoms with van der Waals surface area (Å²) in [6, 6.07) is -1.28. The van der Waals surface area contributed by atoms with Gasteiger partial charge in [0.05, 0.1) is 0 Å². The van der Waals surface area contributed by atoms with E-state index in [1.807, 2.05) is 0 Å². The average molecular weight is 608 g/mol. The molecule has 5 atom stereocenters. The summed E-state index contributed by atoms with van der Waals surface area (Å²) < 4.78 is 66.4. The van der Waals surface area contributed by atoms with Gasteiger partial charge in [-0.2, -0.15) is 23.3 Å². The van der Waals surface area contributed by atoms with Crippen LogP contribution in [0.5, 0.6) is 0 Å². The number of rotatable bonds is 12. The number of nitrogens with one attached hydrogen (secondary N) is 2. The Morgan fingerprint density at radius 3 is 2.68 bits per heavy atom. The molecule has 14 nitrogen and oxygen atoms in total. The topological polar surface area (TPSA) is 205 Å². The summed E-state index contributed by atoms with van der Waals surface area (Å²) in [5.74, 6) is -6.33. The Hall–Kier alpha value is -2.12. The summed E-state index contributed by atoms with van der Waals surface area (Å²) >= 11 is 1.72. The number of carboxylic acids is 1. The van der Waals surface area contributed by atoms with Gasteiger partial charge in [0, 0.05) is 28.7 Å².